The zero-order valence-electron chi connectivity index (χ0n) is 17.7. The van der Waals surface area contributed by atoms with Crippen molar-refractivity contribution in [2.24, 2.45) is 0 Å². The first-order valence-corrected chi connectivity index (χ1v) is 10.4. The molecule has 1 aliphatic heterocycles. The summed E-state index contributed by atoms with van der Waals surface area (Å²) in [5.41, 5.74) is 2.65. The molecule has 2 heterocycles. The van der Waals surface area contributed by atoms with Crippen molar-refractivity contribution < 1.29 is 28.7 Å². The van der Waals surface area contributed by atoms with Crippen LogP contribution in [-0.2, 0) is 11.3 Å². The van der Waals surface area contributed by atoms with Gasteiger partial charge in [0.25, 0.3) is 5.52 Å². The second kappa shape index (κ2) is 9.85. The highest BCUT2D eigenvalue weighted by molar-refractivity contribution is 5.71. The zero-order valence-corrected chi connectivity index (χ0v) is 17.7. The number of allylic oxidation sites excluding steroid dienone is 4. The van der Waals surface area contributed by atoms with Gasteiger partial charge < -0.3 is 24.3 Å². The highest BCUT2D eigenvalue weighted by Crippen LogP contribution is 2.38. The Bertz CT molecular complexity index is 1310. The third-order valence-electron chi connectivity index (χ3n) is 5.09. The molecule has 166 valence electrons. The van der Waals surface area contributed by atoms with Gasteiger partial charge in [0.2, 0.25) is 11.5 Å². The van der Waals surface area contributed by atoms with E-state index in [-0.39, 0.29) is 19.6 Å². The Balaban J connectivity index is 1.61. The maximum absolute atomic E-state index is 11.1. The SMILES string of the molecule is N#CC(=C\C=C1/Oc2ccccc2N1CCC(=O)O)/C=C/c1oc2ccccc2[n+]1CCO. The molecule has 2 aromatic carbocycles. The molecule has 0 radical (unpaired) electrons. The van der Waals surface area contributed by atoms with Gasteiger partial charge in [-0.05, 0) is 30.4 Å². The third-order valence-corrected chi connectivity index (χ3v) is 5.09. The normalized spacial score (nSPS) is 14.6. The lowest BCUT2D eigenvalue weighted by Crippen LogP contribution is -2.36. The fraction of sp³-hybridized carbons (Fsp3) is 0.160. The predicted octanol–water partition coefficient (Wildman–Crippen LogP) is 3.39. The van der Waals surface area contributed by atoms with Gasteiger partial charge in [0.1, 0.15) is 6.61 Å². The molecule has 0 atom stereocenters. The molecule has 0 fully saturated rings. The lowest BCUT2D eigenvalue weighted by Gasteiger charge is -2.16. The van der Waals surface area contributed by atoms with Crippen molar-refractivity contribution in [3.05, 3.63) is 84.1 Å². The smallest absolute Gasteiger partial charge is 0.374 e. The number of anilines is 1. The fourth-order valence-electron chi connectivity index (χ4n) is 3.57. The fourth-order valence-corrected chi connectivity index (χ4v) is 3.57. The van der Waals surface area contributed by atoms with Crippen LogP contribution in [0.4, 0.5) is 5.69 Å². The Labute approximate surface area is 190 Å². The summed E-state index contributed by atoms with van der Waals surface area (Å²) in [7, 11) is 0. The highest BCUT2D eigenvalue weighted by atomic mass is 16.5. The van der Waals surface area contributed by atoms with Crippen LogP contribution in [0.2, 0.25) is 0 Å². The summed E-state index contributed by atoms with van der Waals surface area (Å²) < 4.78 is 13.6. The molecule has 33 heavy (non-hydrogen) atoms. The number of rotatable bonds is 8. The largest absolute Gasteiger partial charge is 0.481 e. The van der Waals surface area contributed by atoms with Crippen LogP contribution < -0.4 is 14.2 Å². The molecule has 0 unspecified atom stereocenters. The van der Waals surface area contributed by atoms with E-state index in [0.717, 1.165) is 11.2 Å². The number of fused-ring (bicyclic) bond motifs is 2. The van der Waals surface area contributed by atoms with Crippen LogP contribution in [0, 0.1) is 11.3 Å². The van der Waals surface area contributed by atoms with Gasteiger partial charge in [-0.1, -0.05) is 24.3 Å². The lowest BCUT2D eigenvalue weighted by molar-refractivity contribution is -0.679. The summed E-state index contributed by atoms with van der Waals surface area (Å²) in [5, 5.41) is 28.1. The minimum absolute atomic E-state index is 0.0495. The molecule has 0 amide bonds. The highest BCUT2D eigenvalue weighted by Gasteiger charge is 2.25. The number of aliphatic hydroxyl groups is 1. The van der Waals surface area contributed by atoms with E-state index in [1.54, 1.807) is 35.3 Å². The molecule has 0 spiro atoms. The zero-order chi connectivity index (χ0) is 23.2. The Morgan fingerprint density at radius 1 is 1.18 bits per heavy atom. The van der Waals surface area contributed by atoms with E-state index in [1.807, 2.05) is 47.0 Å². The third kappa shape index (κ3) is 4.79. The number of carboxylic acid groups (broad SMARTS) is 1. The summed E-state index contributed by atoms with van der Waals surface area (Å²) in [5.74, 6) is 0.671. The number of nitriles is 1. The second-order valence-electron chi connectivity index (χ2n) is 7.22. The van der Waals surface area contributed by atoms with Crippen molar-refractivity contribution in [2.45, 2.75) is 13.0 Å². The van der Waals surface area contributed by atoms with Gasteiger partial charge in [-0.15, -0.1) is 0 Å². The number of para-hydroxylation sites is 4. The van der Waals surface area contributed by atoms with Crippen molar-refractivity contribution in [2.75, 3.05) is 18.1 Å². The number of carboxylic acids is 1. The number of aromatic nitrogens is 1. The van der Waals surface area contributed by atoms with Crippen LogP contribution in [0.3, 0.4) is 0 Å². The topological polar surface area (TPSA) is 111 Å². The maximum atomic E-state index is 11.1. The summed E-state index contributed by atoms with van der Waals surface area (Å²) in [6.45, 7) is 0.549. The minimum atomic E-state index is -0.906. The van der Waals surface area contributed by atoms with Crippen LogP contribution in [-0.4, -0.2) is 29.3 Å². The number of hydrogen-bond acceptors (Lipinski definition) is 6. The van der Waals surface area contributed by atoms with Gasteiger partial charge in [-0.3, -0.25) is 4.79 Å². The van der Waals surface area contributed by atoms with Crippen LogP contribution in [0.1, 0.15) is 12.3 Å². The summed E-state index contributed by atoms with van der Waals surface area (Å²) >= 11 is 0. The van der Waals surface area contributed by atoms with Crippen molar-refractivity contribution in [3.8, 4) is 11.8 Å². The van der Waals surface area contributed by atoms with E-state index < -0.39 is 5.97 Å². The number of nitrogens with zero attached hydrogens (tertiary/aromatic N) is 3. The number of carbonyl (C=O) groups is 1. The first-order chi connectivity index (χ1) is 16.1. The molecular formula is C25H22N3O5+. The summed E-state index contributed by atoms with van der Waals surface area (Å²) in [6, 6.07) is 17.0. The number of ether oxygens (including phenoxy) is 1. The van der Waals surface area contributed by atoms with E-state index in [2.05, 4.69) is 6.07 Å². The minimum Gasteiger partial charge on any atom is -0.481 e. The molecule has 8 heteroatoms. The van der Waals surface area contributed by atoms with Crippen molar-refractivity contribution in [1.82, 2.24) is 0 Å². The molecule has 0 bridgehead atoms. The van der Waals surface area contributed by atoms with Gasteiger partial charge in [0.15, 0.2) is 12.3 Å². The van der Waals surface area contributed by atoms with Crippen molar-refractivity contribution >= 4 is 28.8 Å². The van der Waals surface area contributed by atoms with E-state index in [1.165, 1.54) is 0 Å². The second-order valence-corrected chi connectivity index (χ2v) is 7.22. The van der Waals surface area contributed by atoms with Gasteiger partial charge in [-0.2, -0.15) is 9.83 Å². The van der Waals surface area contributed by atoms with E-state index in [0.29, 0.717) is 35.2 Å². The van der Waals surface area contributed by atoms with Gasteiger partial charge >= 0.3 is 11.9 Å². The van der Waals surface area contributed by atoms with Crippen molar-refractivity contribution in [1.29, 1.82) is 5.26 Å². The van der Waals surface area contributed by atoms with E-state index >= 15 is 0 Å². The summed E-state index contributed by atoms with van der Waals surface area (Å²) in [6.07, 6.45) is 6.48. The van der Waals surface area contributed by atoms with Gasteiger partial charge in [0, 0.05) is 18.7 Å². The maximum Gasteiger partial charge on any atom is 0.374 e. The Morgan fingerprint density at radius 2 is 1.97 bits per heavy atom. The Hall–Kier alpha value is -4.35. The lowest BCUT2D eigenvalue weighted by atomic mass is 10.2. The van der Waals surface area contributed by atoms with Crippen LogP contribution in [0.5, 0.6) is 5.75 Å². The molecule has 4 rings (SSSR count). The van der Waals surface area contributed by atoms with E-state index in [4.69, 9.17) is 14.3 Å². The van der Waals surface area contributed by atoms with Crippen molar-refractivity contribution in [3.63, 3.8) is 0 Å². The van der Waals surface area contributed by atoms with Gasteiger partial charge in [-0.25, -0.2) is 0 Å². The Morgan fingerprint density at radius 3 is 2.76 bits per heavy atom. The van der Waals surface area contributed by atoms with Crippen LogP contribution in [0.25, 0.3) is 17.2 Å². The first-order valence-electron chi connectivity index (χ1n) is 10.4. The number of hydrogen-bond donors (Lipinski definition) is 2. The Kier molecular flexibility index (Phi) is 6.53. The predicted molar refractivity (Wildman–Crippen MR) is 121 cm³/mol. The van der Waals surface area contributed by atoms with Crippen LogP contribution >= 0.6 is 0 Å². The molecule has 2 N–H and O–H groups in total. The van der Waals surface area contributed by atoms with Crippen LogP contribution in [0.15, 0.2) is 82.6 Å². The number of aliphatic hydroxyl groups excluding tert-OH is 1. The molecule has 1 aromatic heterocycles. The number of aliphatic carboxylic acids is 1. The monoisotopic (exact) mass is 444 g/mol. The average molecular weight is 444 g/mol. The molecule has 8 nitrogen and oxygen atoms in total. The molecule has 3 aromatic rings. The molecule has 0 saturated carbocycles. The average Bonchev–Trinajstić information content (AvgIpc) is 3.36. The van der Waals surface area contributed by atoms with E-state index in [9.17, 15) is 15.2 Å². The first kappa shape index (κ1) is 21.9. The number of benzene rings is 2. The quantitative estimate of drug-likeness (QED) is 0.311. The molecular weight excluding hydrogens is 422 g/mol. The molecule has 1 aliphatic rings. The summed E-state index contributed by atoms with van der Waals surface area (Å²) in [4.78, 5) is 12.8. The van der Waals surface area contributed by atoms with Gasteiger partial charge in [0.05, 0.1) is 29.8 Å². The number of oxazole rings is 1. The molecule has 0 aliphatic carbocycles. The standard InChI is InChI=1S/C25H21N3O5/c26-17-18(10-12-24-28(15-16-29)20-6-2-4-8-22(20)33-24)9-11-23-27(14-13-25(30)31)19-5-1-3-7-21(19)32-23/h1-12,29H,13-16H2/p+1. The molecule has 0 saturated heterocycles.